The second kappa shape index (κ2) is 10.8. The highest BCUT2D eigenvalue weighted by molar-refractivity contribution is 6.29. The standard InChI is InChI=1S/C47H32N2/c1-31-20-22-33(23-21-31)34-12-8-13-35(28-34)37-14-9-15-38(30-37)48-42-18-6-4-16-40(42)46-44(48)26-27-45-47(46)41-17-5-7-19-43(41)49(45)39-25-24-32-10-2-3-11-36(32)29-39/h2-30H,1H3. The van der Waals surface area contributed by atoms with Crippen molar-refractivity contribution in [2.75, 3.05) is 0 Å². The molecule has 0 aliphatic carbocycles. The highest BCUT2D eigenvalue weighted by Gasteiger charge is 2.20. The third kappa shape index (κ3) is 4.35. The summed E-state index contributed by atoms with van der Waals surface area (Å²) in [5.41, 5.74) is 13.3. The summed E-state index contributed by atoms with van der Waals surface area (Å²) < 4.78 is 4.88. The molecule has 0 aliphatic rings. The maximum atomic E-state index is 2.44. The van der Waals surface area contributed by atoms with E-state index in [9.17, 15) is 0 Å². The first kappa shape index (κ1) is 27.7. The zero-order valence-electron chi connectivity index (χ0n) is 27.1. The van der Waals surface area contributed by atoms with E-state index in [4.69, 9.17) is 0 Å². The van der Waals surface area contributed by atoms with E-state index in [1.807, 2.05) is 0 Å². The molecule has 0 aliphatic heterocycles. The number of fused-ring (bicyclic) bond motifs is 8. The molecule has 10 aromatic rings. The Labute approximate surface area is 284 Å². The van der Waals surface area contributed by atoms with E-state index in [2.05, 4.69) is 192 Å². The van der Waals surface area contributed by atoms with Crippen molar-refractivity contribution in [3.05, 3.63) is 181 Å². The van der Waals surface area contributed by atoms with Crippen molar-refractivity contribution in [3.8, 4) is 33.6 Å². The first-order valence-corrected chi connectivity index (χ1v) is 16.9. The molecule has 0 unspecified atom stereocenters. The second-order valence-corrected chi connectivity index (χ2v) is 13.1. The van der Waals surface area contributed by atoms with Gasteiger partial charge in [0.25, 0.3) is 0 Å². The summed E-state index contributed by atoms with van der Waals surface area (Å²) >= 11 is 0. The van der Waals surface area contributed by atoms with Gasteiger partial charge in [-0.2, -0.15) is 0 Å². The lowest BCUT2D eigenvalue weighted by molar-refractivity contribution is 1.17. The van der Waals surface area contributed by atoms with Crippen LogP contribution in [0.15, 0.2) is 176 Å². The third-order valence-electron chi connectivity index (χ3n) is 10.1. The molecule has 2 heterocycles. The Morgan fingerprint density at radius 2 is 0.857 bits per heavy atom. The van der Waals surface area contributed by atoms with Gasteiger partial charge >= 0.3 is 0 Å². The number of hydrogen-bond donors (Lipinski definition) is 0. The number of aryl methyl sites for hydroxylation is 1. The Morgan fingerprint density at radius 1 is 0.327 bits per heavy atom. The van der Waals surface area contributed by atoms with Gasteiger partial charge in [-0.25, -0.2) is 0 Å². The summed E-state index contributed by atoms with van der Waals surface area (Å²) in [6.45, 7) is 2.13. The lowest BCUT2D eigenvalue weighted by Gasteiger charge is -2.12. The van der Waals surface area contributed by atoms with E-state index in [0.29, 0.717) is 0 Å². The lowest BCUT2D eigenvalue weighted by Crippen LogP contribution is -1.95. The fraction of sp³-hybridized carbons (Fsp3) is 0.0213. The summed E-state index contributed by atoms with van der Waals surface area (Å²) in [4.78, 5) is 0. The van der Waals surface area contributed by atoms with Gasteiger partial charge < -0.3 is 9.13 Å². The van der Waals surface area contributed by atoms with E-state index >= 15 is 0 Å². The van der Waals surface area contributed by atoms with Crippen LogP contribution in [0.3, 0.4) is 0 Å². The number of benzene rings is 8. The second-order valence-electron chi connectivity index (χ2n) is 13.1. The number of rotatable bonds is 4. The Hall–Kier alpha value is -6.38. The number of nitrogens with zero attached hydrogens (tertiary/aromatic N) is 2. The van der Waals surface area contributed by atoms with Gasteiger partial charge in [0.1, 0.15) is 0 Å². The highest BCUT2D eigenvalue weighted by Crippen LogP contribution is 2.43. The Kier molecular flexibility index (Phi) is 6.13. The van der Waals surface area contributed by atoms with Gasteiger partial charge in [0.05, 0.1) is 22.1 Å². The van der Waals surface area contributed by atoms with Crippen molar-refractivity contribution in [1.29, 1.82) is 0 Å². The molecule has 230 valence electrons. The molecule has 0 amide bonds. The minimum Gasteiger partial charge on any atom is -0.309 e. The largest absolute Gasteiger partial charge is 0.309 e. The topological polar surface area (TPSA) is 9.86 Å². The average molecular weight is 625 g/mol. The first-order chi connectivity index (χ1) is 24.2. The zero-order valence-corrected chi connectivity index (χ0v) is 27.1. The summed E-state index contributed by atoms with van der Waals surface area (Å²) in [6, 6.07) is 64.4. The molecule has 10 rings (SSSR count). The van der Waals surface area contributed by atoms with Crippen LogP contribution < -0.4 is 0 Å². The van der Waals surface area contributed by atoms with Crippen molar-refractivity contribution in [2.24, 2.45) is 0 Å². The summed E-state index contributed by atoms with van der Waals surface area (Å²) in [6.07, 6.45) is 0. The van der Waals surface area contributed by atoms with Gasteiger partial charge in [0.2, 0.25) is 0 Å². The van der Waals surface area contributed by atoms with Gasteiger partial charge in [0.15, 0.2) is 0 Å². The maximum absolute atomic E-state index is 2.44. The molecule has 8 aromatic carbocycles. The third-order valence-corrected chi connectivity index (χ3v) is 10.1. The molecule has 0 bridgehead atoms. The van der Waals surface area contributed by atoms with Gasteiger partial charge in [-0.3, -0.25) is 0 Å². The maximum Gasteiger partial charge on any atom is 0.0548 e. The van der Waals surface area contributed by atoms with Crippen LogP contribution in [-0.4, -0.2) is 9.13 Å². The normalized spacial score (nSPS) is 11.8. The van der Waals surface area contributed by atoms with Crippen LogP contribution in [0.1, 0.15) is 5.56 Å². The fourth-order valence-electron chi connectivity index (χ4n) is 7.84. The summed E-state index contributed by atoms with van der Waals surface area (Å²) in [5, 5.41) is 7.60. The quantitative estimate of drug-likeness (QED) is 0.184. The van der Waals surface area contributed by atoms with Crippen LogP contribution in [0.2, 0.25) is 0 Å². The molecule has 0 N–H and O–H groups in total. The molecule has 2 nitrogen and oxygen atoms in total. The smallest absolute Gasteiger partial charge is 0.0548 e. The van der Waals surface area contributed by atoms with Gasteiger partial charge in [-0.15, -0.1) is 0 Å². The Morgan fingerprint density at radius 3 is 1.53 bits per heavy atom. The fourth-order valence-corrected chi connectivity index (χ4v) is 7.84. The Bertz CT molecular complexity index is 2880. The van der Waals surface area contributed by atoms with Crippen LogP contribution in [-0.2, 0) is 0 Å². The number of hydrogen-bond acceptors (Lipinski definition) is 0. The van der Waals surface area contributed by atoms with Crippen LogP contribution in [0, 0.1) is 6.92 Å². The van der Waals surface area contributed by atoms with Gasteiger partial charge in [0, 0.05) is 32.9 Å². The van der Waals surface area contributed by atoms with Crippen molar-refractivity contribution in [2.45, 2.75) is 6.92 Å². The molecular weight excluding hydrogens is 593 g/mol. The lowest BCUT2D eigenvalue weighted by atomic mass is 9.98. The van der Waals surface area contributed by atoms with E-state index < -0.39 is 0 Å². The molecule has 0 saturated heterocycles. The van der Waals surface area contributed by atoms with E-state index in [0.717, 1.165) is 5.69 Å². The van der Waals surface area contributed by atoms with E-state index in [1.165, 1.54) is 87.9 Å². The summed E-state index contributed by atoms with van der Waals surface area (Å²) in [7, 11) is 0. The van der Waals surface area contributed by atoms with E-state index in [1.54, 1.807) is 0 Å². The molecule has 0 radical (unpaired) electrons. The van der Waals surface area contributed by atoms with Crippen LogP contribution in [0.25, 0.3) is 88.0 Å². The summed E-state index contributed by atoms with van der Waals surface area (Å²) in [5.74, 6) is 0. The monoisotopic (exact) mass is 624 g/mol. The molecule has 0 spiro atoms. The van der Waals surface area contributed by atoms with Gasteiger partial charge in [-0.1, -0.05) is 127 Å². The molecular formula is C47H32N2. The molecule has 49 heavy (non-hydrogen) atoms. The van der Waals surface area contributed by atoms with Crippen molar-refractivity contribution < 1.29 is 0 Å². The average Bonchev–Trinajstić information content (AvgIpc) is 3.68. The van der Waals surface area contributed by atoms with E-state index in [-0.39, 0.29) is 0 Å². The molecule has 2 heteroatoms. The Balaban J connectivity index is 1.20. The van der Waals surface area contributed by atoms with Crippen molar-refractivity contribution >= 4 is 54.4 Å². The zero-order chi connectivity index (χ0) is 32.5. The SMILES string of the molecule is Cc1ccc(-c2cccc(-c3cccc(-n4c5ccccc5c5c6c7ccccc7n(-c7ccc8ccccc8c7)c6ccc54)c3)c2)cc1. The van der Waals surface area contributed by atoms with Gasteiger partial charge in [-0.05, 0) is 94.5 Å². The molecule has 0 saturated carbocycles. The van der Waals surface area contributed by atoms with Crippen LogP contribution in [0.5, 0.6) is 0 Å². The minimum atomic E-state index is 1.15. The molecule has 2 aromatic heterocycles. The number of aromatic nitrogens is 2. The highest BCUT2D eigenvalue weighted by atomic mass is 15.0. The minimum absolute atomic E-state index is 1.15. The molecule has 0 fully saturated rings. The van der Waals surface area contributed by atoms with Crippen molar-refractivity contribution in [1.82, 2.24) is 9.13 Å². The number of para-hydroxylation sites is 2. The van der Waals surface area contributed by atoms with Crippen LogP contribution in [0.4, 0.5) is 0 Å². The predicted molar refractivity (Wildman–Crippen MR) is 208 cm³/mol. The predicted octanol–water partition coefficient (Wildman–Crippen LogP) is 12.7. The van der Waals surface area contributed by atoms with Crippen molar-refractivity contribution in [3.63, 3.8) is 0 Å². The van der Waals surface area contributed by atoms with Crippen LogP contribution >= 0.6 is 0 Å². The first-order valence-electron chi connectivity index (χ1n) is 16.9. The molecule has 0 atom stereocenters.